The first kappa shape index (κ1) is 8.51. The third-order valence-corrected chi connectivity index (χ3v) is 2.28. The molecule has 0 saturated carbocycles. The summed E-state index contributed by atoms with van der Waals surface area (Å²) in [4.78, 5) is 4.12. The molecule has 2 aromatic heterocycles. The van der Waals surface area contributed by atoms with Crippen molar-refractivity contribution >= 4 is 33.6 Å². The number of halogens is 1. The second-order valence-electron chi connectivity index (χ2n) is 2.55. The van der Waals surface area contributed by atoms with Crippen molar-refractivity contribution in [1.82, 2.24) is 4.98 Å². The molecule has 0 aliphatic rings. The molecule has 0 aliphatic carbocycles. The zero-order valence-electron chi connectivity index (χ0n) is 6.62. The molecule has 0 radical (unpaired) electrons. The van der Waals surface area contributed by atoms with E-state index >= 15 is 0 Å². The van der Waals surface area contributed by atoms with E-state index in [-0.39, 0.29) is 0 Å². The summed E-state index contributed by atoms with van der Waals surface area (Å²) >= 11 is 2.10. The van der Waals surface area contributed by atoms with Gasteiger partial charge in [-0.25, -0.2) is 0 Å². The van der Waals surface area contributed by atoms with Gasteiger partial charge in [0.15, 0.2) is 3.77 Å². The van der Waals surface area contributed by atoms with Crippen LogP contribution in [0, 0.1) is 15.1 Å². The van der Waals surface area contributed by atoms with Crippen molar-refractivity contribution in [3.8, 4) is 6.07 Å². The van der Waals surface area contributed by atoms with Crippen LogP contribution in [0.1, 0.15) is 5.69 Å². The summed E-state index contributed by atoms with van der Waals surface area (Å²) in [6, 6.07) is 5.78. The minimum Gasteiger partial charge on any atom is -0.450 e. The van der Waals surface area contributed by atoms with E-state index in [4.69, 9.17) is 9.68 Å². The molecule has 64 valence electrons. The Morgan fingerprint density at radius 3 is 3.23 bits per heavy atom. The smallest absolute Gasteiger partial charge is 0.165 e. The van der Waals surface area contributed by atoms with Crippen LogP contribution >= 0.6 is 22.6 Å². The minimum absolute atomic E-state index is 0.326. The maximum atomic E-state index is 8.56. The van der Waals surface area contributed by atoms with Gasteiger partial charge in [0.2, 0.25) is 0 Å². The van der Waals surface area contributed by atoms with Gasteiger partial charge >= 0.3 is 0 Å². The van der Waals surface area contributed by atoms with Crippen LogP contribution in [0.4, 0.5) is 0 Å². The molecular weight excluding hydrogens is 279 g/mol. The Kier molecular flexibility index (Phi) is 2.19. The van der Waals surface area contributed by atoms with Crippen LogP contribution in [0.3, 0.4) is 0 Å². The zero-order valence-corrected chi connectivity index (χ0v) is 8.78. The lowest BCUT2D eigenvalue weighted by Crippen LogP contribution is -1.86. The summed E-state index contributed by atoms with van der Waals surface area (Å²) in [5.41, 5.74) is 1.58. The molecule has 0 unspecified atom stereocenters. The molecular formula is C9H5IN2O. The van der Waals surface area contributed by atoms with Gasteiger partial charge < -0.3 is 4.42 Å². The van der Waals surface area contributed by atoms with Gasteiger partial charge in [-0.15, -0.1) is 0 Å². The fourth-order valence-electron chi connectivity index (χ4n) is 1.20. The second-order valence-corrected chi connectivity index (χ2v) is 3.62. The molecule has 4 heteroatoms. The molecule has 0 saturated heterocycles. The van der Waals surface area contributed by atoms with Crippen LogP contribution in [0.15, 0.2) is 22.7 Å². The number of furan rings is 1. The number of aromatic nitrogens is 1. The van der Waals surface area contributed by atoms with Crippen LogP contribution in [0.25, 0.3) is 11.0 Å². The average Bonchev–Trinajstić information content (AvgIpc) is 2.47. The van der Waals surface area contributed by atoms with Crippen LogP contribution in [0.2, 0.25) is 0 Å². The number of nitrogens with zero attached hydrogens (tertiary/aromatic N) is 2. The van der Waals surface area contributed by atoms with Crippen LogP contribution < -0.4 is 0 Å². The van der Waals surface area contributed by atoms with Crippen molar-refractivity contribution in [2.24, 2.45) is 0 Å². The Hall–Kier alpha value is -1.09. The Morgan fingerprint density at radius 2 is 2.46 bits per heavy atom. The van der Waals surface area contributed by atoms with Crippen LogP contribution in [-0.2, 0) is 6.42 Å². The van der Waals surface area contributed by atoms with Crippen LogP contribution in [-0.4, -0.2) is 4.98 Å². The normalized spacial score (nSPS) is 10.2. The van der Waals surface area contributed by atoms with Crippen molar-refractivity contribution in [3.63, 3.8) is 0 Å². The summed E-state index contributed by atoms with van der Waals surface area (Å²) in [6.45, 7) is 0. The van der Waals surface area contributed by atoms with E-state index in [0.717, 1.165) is 20.4 Å². The predicted molar refractivity (Wildman–Crippen MR) is 56.0 cm³/mol. The first-order chi connectivity index (χ1) is 6.31. The standard InChI is InChI=1S/C9H5IN2O/c10-9-5-6-7(1-3-11)12-4-2-8(6)13-9/h2,4-5H,1H2. The van der Waals surface area contributed by atoms with E-state index < -0.39 is 0 Å². The van der Waals surface area contributed by atoms with Gasteiger partial charge in [0.25, 0.3) is 0 Å². The monoisotopic (exact) mass is 284 g/mol. The van der Waals surface area contributed by atoms with Gasteiger partial charge in [-0.3, -0.25) is 4.98 Å². The van der Waals surface area contributed by atoms with E-state index in [9.17, 15) is 0 Å². The Balaban J connectivity index is 2.69. The molecule has 2 heterocycles. The third kappa shape index (κ3) is 1.52. The van der Waals surface area contributed by atoms with Crippen LogP contribution in [0.5, 0.6) is 0 Å². The summed E-state index contributed by atoms with van der Waals surface area (Å²) < 4.78 is 6.21. The zero-order chi connectivity index (χ0) is 9.26. The lowest BCUT2D eigenvalue weighted by atomic mass is 10.2. The number of fused-ring (bicyclic) bond motifs is 1. The minimum atomic E-state index is 0.326. The van der Waals surface area contributed by atoms with Gasteiger partial charge in [-0.05, 0) is 34.7 Å². The van der Waals surface area contributed by atoms with E-state index in [1.165, 1.54) is 0 Å². The average molecular weight is 284 g/mol. The molecule has 0 aromatic carbocycles. The van der Waals surface area contributed by atoms with Gasteiger partial charge in [0.05, 0.1) is 18.2 Å². The predicted octanol–water partition coefficient (Wildman–Crippen LogP) is 2.50. The summed E-state index contributed by atoms with van der Waals surface area (Å²) in [5.74, 6) is 0. The molecule has 0 aliphatic heterocycles. The second kappa shape index (κ2) is 3.34. The van der Waals surface area contributed by atoms with Crippen molar-refractivity contribution in [3.05, 3.63) is 27.8 Å². The quantitative estimate of drug-likeness (QED) is 0.756. The Morgan fingerprint density at radius 1 is 1.62 bits per heavy atom. The maximum absolute atomic E-state index is 8.56. The molecule has 0 bridgehead atoms. The first-order valence-corrected chi connectivity index (χ1v) is 4.79. The molecule has 0 fully saturated rings. The summed E-state index contributed by atoms with van der Waals surface area (Å²) in [7, 11) is 0. The maximum Gasteiger partial charge on any atom is 0.165 e. The largest absolute Gasteiger partial charge is 0.450 e. The van der Waals surface area contributed by atoms with E-state index in [0.29, 0.717) is 6.42 Å². The van der Waals surface area contributed by atoms with Crippen molar-refractivity contribution in [1.29, 1.82) is 5.26 Å². The van der Waals surface area contributed by atoms with E-state index in [1.54, 1.807) is 12.3 Å². The van der Waals surface area contributed by atoms with E-state index in [2.05, 4.69) is 33.6 Å². The van der Waals surface area contributed by atoms with Crippen molar-refractivity contribution in [2.75, 3.05) is 0 Å². The highest BCUT2D eigenvalue weighted by Gasteiger charge is 2.06. The van der Waals surface area contributed by atoms with Crippen molar-refractivity contribution < 1.29 is 4.42 Å². The molecule has 0 N–H and O–H groups in total. The van der Waals surface area contributed by atoms with Gasteiger partial charge in [0.1, 0.15) is 5.58 Å². The van der Waals surface area contributed by atoms with Gasteiger partial charge in [-0.1, -0.05) is 0 Å². The highest BCUT2D eigenvalue weighted by Crippen LogP contribution is 2.22. The number of rotatable bonds is 1. The molecule has 13 heavy (non-hydrogen) atoms. The first-order valence-electron chi connectivity index (χ1n) is 3.71. The lowest BCUT2D eigenvalue weighted by Gasteiger charge is -1.93. The van der Waals surface area contributed by atoms with Gasteiger partial charge in [0, 0.05) is 11.6 Å². The molecule has 0 amide bonds. The third-order valence-electron chi connectivity index (χ3n) is 1.74. The molecule has 0 spiro atoms. The number of hydrogen-bond acceptors (Lipinski definition) is 3. The van der Waals surface area contributed by atoms with Crippen molar-refractivity contribution in [2.45, 2.75) is 6.42 Å². The fraction of sp³-hybridized carbons (Fsp3) is 0.111. The highest BCUT2D eigenvalue weighted by atomic mass is 127. The topological polar surface area (TPSA) is 49.8 Å². The molecule has 2 rings (SSSR count). The fourth-order valence-corrected chi connectivity index (χ4v) is 1.75. The summed E-state index contributed by atoms with van der Waals surface area (Å²) in [6.07, 6.45) is 1.99. The Labute approximate surface area is 88.5 Å². The Bertz CT molecular complexity index is 484. The van der Waals surface area contributed by atoms with E-state index in [1.807, 2.05) is 6.07 Å². The lowest BCUT2D eigenvalue weighted by molar-refractivity contribution is 0.583. The summed E-state index contributed by atoms with van der Waals surface area (Å²) in [5, 5.41) is 9.50. The number of pyridine rings is 1. The molecule has 2 aromatic rings. The number of hydrogen-bond donors (Lipinski definition) is 0. The molecule has 0 atom stereocenters. The molecule has 3 nitrogen and oxygen atoms in total. The SMILES string of the molecule is N#CCc1nccc2oc(I)cc12. The van der Waals surface area contributed by atoms with Gasteiger partial charge in [-0.2, -0.15) is 5.26 Å². The highest BCUT2D eigenvalue weighted by molar-refractivity contribution is 14.1. The number of nitriles is 1.